The lowest BCUT2D eigenvalue weighted by molar-refractivity contribution is 0.0955. The number of nitrogens with zero attached hydrogens (tertiary/aromatic N) is 2. The van der Waals surface area contributed by atoms with Crippen LogP contribution in [0.15, 0.2) is 77.9 Å². The zero-order valence-corrected chi connectivity index (χ0v) is 14.8. The Kier molecular flexibility index (Phi) is 6.11. The number of amides is 1. The van der Waals surface area contributed by atoms with E-state index in [1.54, 1.807) is 30.3 Å². The standard InChI is InChI=1S/C22H16FN3O2/c23-20-10-8-17(9-11-20)22(27)26-25-14-16-4-3-7-21(12-16)28-15-19-6-2-1-5-18(19)13-24/h1-12,14H,15H2,(H,26,27)/b25-14-. The molecule has 0 aliphatic heterocycles. The van der Waals surface area contributed by atoms with Crippen molar-refractivity contribution in [3.8, 4) is 11.8 Å². The maximum absolute atomic E-state index is 12.9. The van der Waals surface area contributed by atoms with E-state index in [0.717, 1.165) is 11.1 Å². The van der Waals surface area contributed by atoms with E-state index < -0.39 is 11.7 Å². The second-order valence-electron chi connectivity index (χ2n) is 5.84. The summed E-state index contributed by atoms with van der Waals surface area (Å²) in [6.45, 7) is 0.269. The highest BCUT2D eigenvalue weighted by Gasteiger charge is 2.04. The van der Waals surface area contributed by atoms with Crippen molar-refractivity contribution in [3.05, 3.63) is 101 Å². The summed E-state index contributed by atoms with van der Waals surface area (Å²) in [5.74, 6) is -0.229. The van der Waals surface area contributed by atoms with E-state index in [9.17, 15) is 9.18 Å². The van der Waals surface area contributed by atoms with Gasteiger partial charge in [0.25, 0.3) is 5.91 Å². The van der Waals surface area contributed by atoms with Gasteiger partial charge < -0.3 is 4.74 Å². The maximum atomic E-state index is 12.9. The molecule has 1 amide bonds. The molecule has 0 spiro atoms. The number of hydrazone groups is 1. The number of hydrogen-bond donors (Lipinski definition) is 1. The van der Waals surface area contributed by atoms with Gasteiger partial charge in [0.05, 0.1) is 17.8 Å². The molecule has 0 saturated carbocycles. The largest absolute Gasteiger partial charge is 0.489 e. The lowest BCUT2D eigenvalue weighted by atomic mass is 10.1. The summed E-state index contributed by atoms with van der Waals surface area (Å²) in [5, 5.41) is 13.0. The molecule has 0 fully saturated rings. The first-order valence-corrected chi connectivity index (χ1v) is 8.45. The highest BCUT2D eigenvalue weighted by molar-refractivity contribution is 5.94. The minimum atomic E-state index is -0.434. The number of carbonyl (C=O) groups excluding carboxylic acids is 1. The molecular formula is C22H16FN3O2. The van der Waals surface area contributed by atoms with E-state index >= 15 is 0 Å². The van der Waals surface area contributed by atoms with Gasteiger partial charge in [-0.2, -0.15) is 10.4 Å². The summed E-state index contributed by atoms with van der Waals surface area (Å²) in [7, 11) is 0. The van der Waals surface area contributed by atoms with Crippen molar-refractivity contribution in [1.82, 2.24) is 5.43 Å². The number of halogens is 1. The summed E-state index contributed by atoms with van der Waals surface area (Å²) in [4.78, 5) is 11.9. The fourth-order valence-corrected chi connectivity index (χ4v) is 2.43. The van der Waals surface area contributed by atoms with Crippen LogP contribution in [-0.2, 0) is 6.61 Å². The molecule has 5 nitrogen and oxygen atoms in total. The van der Waals surface area contributed by atoms with Crippen LogP contribution in [0.2, 0.25) is 0 Å². The molecule has 3 rings (SSSR count). The lowest BCUT2D eigenvalue weighted by Crippen LogP contribution is -2.17. The quantitative estimate of drug-likeness (QED) is 0.523. The highest BCUT2D eigenvalue weighted by atomic mass is 19.1. The molecule has 0 aliphatic rings. The van der Waals surface area contributed by atoms with Crippen molar-refractivity contribution < 1.29 is 13.9 Å². The third-order valence-electron chi connectivity index (χ3n) is 3.88. The topological polar surface area (TPSA) is 74.5 Å². The minimum Gasteiger partial charge on any atom is -0.489 e. The summed E-state index contributed by atoms with van der Waals surface area (Å²) >= 11 is 0. The van der Waals surface area contributed by atoms with Crippen molar-refractivity contribution in [3.63, 3.8) is 0 Å². The number of nitrogens with one attached hydrogen (secondary N) is 1. The Morgan fingerprint density at radius 2 is 1.89 bits per heavy atom. The fraction of sp³-hybridized carbons (Fsp3) is 0.0455. The lowest BCUT2D eigenvalue weighted by Gasteiger charge is -2.08. The number of hydrogen-bond acceptors (Lipinski definition) is 4. The van der Waals surface area contributed by atoms with Crippen LogP contribution in [0.5, 0.6) is 5.75 Å². The van der Waals surface area contributed by atoms with Crippen LogP contribution >= 0.6 is 0 Å². The number of ether oxygens (including phenoxy) is 1. The van der Waals surface area contributed by atoms with Gasteiger partial charge in [-0.25, -0.2) is 9.82 Å². The summed E-state index contributed by atoms with van der Waals surface area (Å²) in [5.41, 5.74) is 4.80. The molecule has 0 aromatic heterocycles. The molecule has 3 aromatic rings. The number of carbonyl (C=O) groups is 1. The third kappa shape index (κ3) is 5.02. The van der Waals surface area contributed by atoms with Gasteiger partial charge in [-0.15, -0.1) is 0 Å². The number of benzene rings is 3. The van der Waals surface area contributed by atoms with E-state index in [4.69, 9.17) is 10.00 Å². The average molecular weight is 373 g/mol. The van der Waals surface area contributed by atoms with E-state index in [1.165, 1.54) is 30.5 Å². The smallest absolute Gasteiger partial charge is 0.271 e. The summed E-state index contributed by atoms with van der Waals surface area (Å²) in [6, 6.07) is 21.7. The highest BCUT2D eigenvalue weighted by Crippen LogP contribution is 2.16. The summed E-state index contributed by atoms with van der Waals surface area (Å²) in [6.07, 6.45) is 1.48. The average Bonchev–Trinajstić information content (AvgIpc) is 2.73. The first-order chi connectivity index (χ1) is 13.7. The molecule has 0 aliphatic carbocycles. The van der Waals surface area contributed by atoms with Crippen LogP contribution < -0.4 is 10.2 Å². The second-order valence-corrected chi connectivity index (χ2v) is 5.84. The van der Waals surface area contributed by atoms with Gasteiger partial charge >= 0.3 is 0 Å². The molecule has 0 atom stereocenters. The zero-order valence-electron chi connectivity index (χ0n) is 14.8. The Morgan fingerprint density at radius 1 is 1.11 bits per heavy atom. The molecule has 1 N–H and O–H groups in total. The van der Waals surface area contributed by atoms with Crippen LogP contribution in [0.25, 0.3) is 0 Å². The number of rotatable bonds is 6. The molecule has 0 radical (unpaired) electrons. The molecular weight excluding hydrogens is 357 g/mol. The monoisotopic (exact) mass is 373 g/mol. The van der Waals surface area contributed by atoms with Gasteiger partial charge in [0, 0.05) is 11.1 Å². The Labute approximate surface area is 161 Å². The maximum Gasteiger partial charge on any atom is 0.271 e. The molecule has 138 valence electrons. The van der Waals surface area contributed by atoms with Crippen molar-refractivity contribution in [1.29, 1.82) is 5.26 Å². The van der Waals surface area contributed by atoms with E-state index in [2.05, 4.69) is 16.6 Å². The Balaban J connectivity index is 1.60. The molecule has 0 unspecified atom stereocenters. The van der Waals surface area contributed by atoms with Gasteiger partial charge in [0.2, 0.25) is 0 Å². The van der Waals surface area contributed by atoms with Gasteiger partial charge in [0.1, 0.15) is 18.2 Å². The normalized spacial score (nSPS) is 10.4. The van der Waals surface area contributed by atoms with Gasteiger partial charge in [-0.3, -0.25) is 4.79 Å². The predicted molar refractivity (Wildman–Crippen MR) is 103 cm³/mol. The third-order valence-corrected chi connectivity index (χ3v) is 3.88. The first kappa shape index (κ1) is 18.8. The molecule has 6 heteroatoms. The fourth-order valence-electron chi connectivity index (χ4n) is 2.43. The van der Waals surface area contributed by atoms with E-state index in [-0.39, 0.29) is 6.61 Å². The summed E-state index contributed by atoms with van der Waals surface area (Å²) < 4.78 is 18.6. The zero-order chi connectivity index (χ0) is 19.8. The first-order valence-electron chi connectivity index (χ1n) is 8.45. The molecule has 0 heterocycles. The SMILES string of the molecule is N#Cc1ccccc1COc1cccc(/C=N\NC(=O)c2ccc(F)cc2)c1. The van der Waals surface area contributed by atoms with Crippen molar-refractivity contribution >= 4 is 12.1 Å². The Morgan fingerprint density at radius 3 is 2.68 bits per heavy atom. The van der Waals surface area contributed by atoms with E-state index in [0.29, 0.717) is 16.9 Å². The Hall–Kier alpha value is -3.98. The van der Waals surface area contributed by atoms with Crippen LogP contribution in [0.4, 0.5) is 4.39 Å². The van der Waals surface area contributed by atoms with Crippen LogP contribution in [0.3, 0.4) is 0 Å². The predicted octanol–water partition coefficient (Wildman–Crippen LogP) is 4.04. The molecule has 3 aromatic carbocycles. The molecule has 0 bridgehead atoms. The van der Waals surface area contributed by atoms with Crippen molar-refractivity contribution in [2.75, 3.05) is 0 Å². The van der Waals surface area contributed by atoms with Crippen molar-refractivity contribution in [2.45, 2.75) is 6.61 Å². The second kappa shape index (κ2) is 9.10. The number of nitriles is 1. The van der Waals surface area contributed by atoms with Crippen LogP contribution in [-0.4, -0.2) is 12.1 Å². The van der Waals surface area contributed by atoms with Gasteiger partial charge in [0.15, 0.2) is 0 Å². The van der Waals surface area contributed by atoms with Crippen LogP contribution in [0, 0.1) is 17.1 Å². The Bertz CT molecular complexity index is 1040. The van der Waals surface area contributed by atoms with E-state index in [1.807, 2.05) is 18.2 Å². The van der Waals surface area contributed by atoms with Gasteiger partial charge in [-0.05, 0) is 48.0 Å². The van der Waals surface area contributed by atoms with Crippen molar-refractivity contribution in [2.24, 2.45) is 5.10 Å². The van der Waals surface area contributed by atoms with Gasteiger partial charge in [-0.1, -0.05) is 30.3 Å². The van der Waals surface area contributed by atoms with Crippen LogP contribution in [0.1, 0.15) is 27.0 Å². The molecule has 28 heavy (non-hydrogen) atoms. The molecule has 0 saturated heterocycles. The minimum absolute atomic E-state index is 0.269.